The van der Waals surface area contributed by atoms with E-state index in [9.17, 15) is 0 Å². The molecule has 1 aromatic rings. The molecule has 0 amide bonds. The van der Waals surface area contributed by atoms with Crippen LogP contribution in [0, 0.1) is 6.92 Å². The predicted molar refractivity (Wildman–Crippen MR) is 52.1 cm³/mol. The van der Waals surface area contributed by atoms with Gasteiger partial charge in [0.15, 0.2) is 0 Å². The smallest absolute Gasteiger partial charge is 0.229 e. The average Bonchev–Trinajstić information content (AvgIpc) is 2.48. The zero-order valence-electron chi connectivity index (χ0n) is 7.84. The minimum absolute atomic E-state index is 0.464. The summed E-state index contributed by atoms with van der Waals surface area (Å²) in [7, 11) is 0. The Morgan fingerprint density at radius 1 is 1.46 bits per heavy atom. The summed E-state index contributed by atoms with van der Waals surface area (Å²) in [6, 6.07) is 0. The number of hydrogen-bond donors (Lipinski definition) is 1. The maximum absolute atomic E-state index is 5.70. The van der Waals surface area contributed by atoms with Gasteiger partial charge in [-0.05, 0) is 38.2 Å². The standard InChI is InChI=1S/C10H14N2O/c1-7-9(10(11)13-12-7)8-5-3-2-4-6-8/h5H,2-4,6,11H2,1H3. The van der Waals surface area contributed by atoms with Gasteiger partial charge in [0.25, 0.3) is 0 Å². The number of allylic oxidation sites excluding steroid dienone is 2. The van der Waals surface area contributed by atoms with Crippen molar-refractivity contribution in [1.29, 1.82) is 0 Å². The van der Waals surface area contributed by atoms with E-state index < -0.39 is 0 Å². The van der Waals surface area contributed by atoms with Crippen LogP contribution in [0.3, 0.4) is 0 Å². The van der Waals surface area contributed by atoms with Gasteiger partial charge in [-0.1, -0.05) is 11.2 Å². The number of rotatable bonds is 1. The molecule has 1 aliphatic carbocycles. The first-order chi connectivity index (χ1) is 6.29. The van der Waals surface area contributed by atoms with Crippen molar-refractivity contribution < 1.29 is 4.52 Å². The predicted octanol–water partition coefficient (Wildman–Crippen LogP) is 2.52. The van der Waals surface area contributed by atoms with Crippen LogP contribution in [0.25, 0.3) is 5.57 Å². The molecule has 1 aromatic heterocycles. The number of hydrogen-bond acceptors (Lipinski definition) is 3. The second kappa shape index (κ2) is 3.24. The Kier molecular flexibility index (Phi) is 2.08. The topological polar surface area (TPSA) is 52.0 Å². The Morgan fingerprint density at radius 2 is 2.31 bits per heavy atom. The quantitative estimate of drug-likeness (QED) is 0.718. The molecule has 0 bridgehead atoms. The Labute approximate surface area is 77.6 Å². The highest BCUT2D eigenvalue weighted by atomic mass is 16.5. The third-order valence-electron chi connectivity index (χ3n) is 2.50. The van der Waals surface area contributed by atoms with E-state index in [1.807, 2.05) is 6.92 Å². The van der Waals surface area contributed by atoms with E-state index in [0.717, 1.165) is 24.1 Å². The fourth-order valence-electron chi connectivity index (χ4n) is 1.84. The maximum atomic E-state index is 5.70. The number of nitrogens with zero attached hydrogens (tertiary/aromatic N) is 1. The molecule has 70 valence electrons. The van der Waals surface area contributed by atoms with Crippen LogP contribution in [0.4, 0.5) is 5.88 Å². The lowest BCUT2D eigenvalue weighted by Gasteiger charge is -2.11. The van der Waals surface area contributed by atoms with Crippen LogP contribution in [-0.2, 0) is 0 Å². The minimum Gasteiger partial charge on any atom is -0.367 e. The van der Waals surface area contributed by atoms with Crippen molar-refractivity contribution in [2.45, 2.75) is 32.6 Å². The Hall–Kier alpha value is -1.25. The zero-order valence-corrected chi connectivity index (χ0v) is 7.84. The monoisotopic (exact) mass is 178 g/mol. The van der Waals surface area contributed by atoms with E-state index in [-0.39, 0.29) is 0 Å². The number of anilines is 1. The molecule has 3 nitrogen and oxygen atoms in total. The Balaban J connectivity index is 2.38. The van der Waals surface area contributed by atoms with E-state index in [4.69, 9.17) is 10.3 Å². The summed E-state index contributed by atoms with van der Waals surface area (Å²) < 4.78 is 4.94. The number of aryl methyl sites for hydroxylation is 1. The normalized spacial score (nSPS) is 17.2. The van der Waals surface area contributed by atoms with Gasteiger partial charge in [-0.3, -0.25) is 0 Å². The molecule has 0 saturated carbocycles. The number of aromatic nitrogens is 1. The second-order valence-corrected chi connectivity index (χ2v) is 3.48. The lowest BCUT2D eigenvalue weighted by Crippen LogP contribution is -1.95. The molecule has 0 fully saturated rings. The third-order valence-corrected chi connectivity index (χ3v) is 2.50. The maximum Gasteiger partial charge on any atom is 0.229 e. The first-order valence-electron chi connectivity index (χ1n) is 4.70. The molecule has 3 heteroatoms. The minimum atomic E-state index is 0.464. The van der Waals surface area contributed by atoms with Gasteiger partial charge in [0.05, 0.1) is 11.3 Å². The van der Waals surface area contributed by atoms with Crippen molar-refractivity contribution in [3.63, 3.8) is 0 Å². The van der Waals surface area contributed by atoms with E-state index in [0.29, 0.717) is 5.88 Å². The first kappa shape index (κ1) is 8.35. The molecule has 0 aromatic carbocycles. The van der Waals surface area contributed by atoms with E-state index in [1.165, 1.54) is 18.4 Å². The zero-order chi connectivity index (χ0) is 9.26. The molecule has 13 heavy (non-hydrogen) atoms. The molecule has 0 spiro atoms. The van der Waals surface area contributed by atoms with E-state index in [1.54, 1.807) is 0 Å². The Morgan fingerprint density at radius 3 is 2.85 bits per heavy atom. The molecule has 2 rings (SSSR count). The van der Waals surface area contributed by atoms with Crippen molar-refractivity contribution in [2.75, 3.05) is 5.73 Å². The Bertz CT molecular complexity index is 319. The van der Waals surface area contributed by atoms with Crippen LogP contribution in [0.5, 0.6) is 0 Å². The molecule has 0 unspecified atom stereocenters. The summed E-state index contributed by atoms with van der Waals surface area (Å²) in [5, 5.41) is 3.85. The third kappa shape index (κ3) is 1.46. The van der Waals surface area contributed by atoms with Gasteiger partial charge in [0.2, 0.25) is 5.88 Å². The molecular formula is C10H14N2O. The fourth-order valence-corrected chi connectivity index (χ4v) is 1.84. The van der Waals surface area contributed by atoms with Gasteiger partial charge in [-0.15, -0.1) is 0 Å². The summed E-state index contributed by atoms with van der Waals surface area (Å²) in [6.45, 7) is 1.94. The lowest BCUT2D eigenvalue weighted by atomic mass is 9.94. The molecule has 0 radical (unpaired) electrons. The summed E-state index contributed by atoms with van der Waals surface area (Å²) >= 11 is 0. The molecule has 0 saturated heterocycles. The molecular weight excluding hydrogens is 164 g/mol. The highest BCUT2D eigenvalue weighted by Gasteiger charge is 2.15. The number of nitrogen functional groups attached to an aromatic ring is 1. The van der Waals surface area contributed by atoms with Crippen LogP contribution in [0.15, 0.2) is 10.6 Å². The molecule has 0 atom stereocenters. The first-order valence-corrected chi connectivity index (χ1v) is 4.70. The van der Waals surface area contributed by atoms with Gasteiger partial charge in [0, 0.05) is 0 Å². The summed E-state index contributed by atoms with van der Waals surface area (Å²) in [5.74, 6) is 0.464. The van der Waals surface area contributed by atoms with Crippen LogP contribution < -0.4 is 5.73 Å². The van der Waals surface area contributed by atoms with Crippen molar-refractivity contribution in [2.24, 2.45) is 0 Å². The summed E-state index contributed by atoms with van der Waals surface area (Å²) in [5.41, 5.74) is 8.95. The van der Waals surface area contributed by atoms with Crippen LogP contribution in [0.2, 0.25) is 0 Å². The van der Waals surface area contributed by atoms with Crippen molar-refractivity contribution in [1.82, 2.24) is 5.16 Å². The molecule has 2 N–H and O–H groups in total. The van der Waals surface area contributed by atoms with Crippen LogP contribution in [0.1, 0.15) is 36.9 Å². The van der Waals surface area contributed by atoms with E-state index >= 15 is 0 Å². The largest absolute Gasteiger partial charge is 0.367 e. The molecule has 1 aliphatic rings. The summed E-state index contributed by atoms with van der Waals surface area (Å²) in [4.78, 5) is 0. The molecule has 1 heterocycles. The van der Waals surface area contributed by atoms with Gasteiger partial charge >= 0.3 is 0 Å². The molecule has 0 aliphatic heterocycles. The van der Waals surface area contributed by atoms with Gasteiger partial charge < -0.3 is 10.3 Å². The van der Waals surface area contributed by atoms with Gasteiger partial charge in [-0.25, -0.2) is 0 Å². The number of nitrogens with two attached hydrogens (primary N) is 1. The van der Waals surface area contributed by atoms with Crippen molar-refractivity contribution in [3.05, 3.63) is 17.3 Å². The van der Waals surface area contributed by atoms with Gasteiger partial charge in [0.1, 0.15) is 0 Å². The highest BCUT2D eigenvalue weighted by molar-refractivity contribution is 5.74. The second-order valence-electron chi connectivity index (χ2n) is 3.48. The SMILES string of the molecule is Cc1noc(N)c1C1=CCCCC1. The van der Waals surface area contributed by atoms with Crippen LogP contribution in [-0.4, -0.2) is 5.16 Å². The van der Waals surface area contributed by atoms with Crippen LogP contribution >= 0.6 is 0 Å². The van der Waals surface area contributed by atoms with Gasteiger partial charge in [-0.2, -0.15) is 0 Å². The summed E-state index contributed by atoms with van der Waals surface area (Å²) in [6.07, 6.45) is 7.04. The highest BCUT2D eigenvalue weighted by Crippen LogP contribution is 2.32. The fraction of sp³-hybridized carbons (Fsp3) is 0.500. The van der Waals surface area contributed by atoms with E-state index in [2.05, 4.69) is 11.2 Å². The van der Waals surface area contributed by atoms with Crippen molar-refractivity contribution >= 4 is 11.5 Å². The van der Waals surface area contributed by atoms with Crippen molar-refractivity contribution in [3.8, 4) is 0 Å². The lowest BCUT2D eigenvalue weighted by molar-refractivity contribution is 0.431. The average molecular weight is 178 g/mol.